The Morgan fingerprint density at radius 2 is 1.53 bits per heavy atom. The maximum Gasteiger partial charge on any atom is 0.237 e. The number of carbonyl (C=O) groups is 2. The van der Waals surface area contributed by atoms with Crippen molar-refractivity contribution in [3.63, 3.8) is 0 Å². The second-order valence-corrected chi connectivity index (χ2v) is 4.10. The molecule has 0 heterocycles. The first kappa shape index (κ1) is 13.1. The van der Waals surface area contributed by atoms with Crippen molar-refractivity contribution < 1.29 is 23.8 Å². The Labute approximate surface area is 110 Å². The average Bonchev–Trinajstić information content (AvgIpc) is 2.42. The second kappa shape index (κ2) is 4.76. The third-order valence-corrected chi connectivity index (χ3v) is 3.02. The molecule has 0 radical (unpaired) electrons. The fourth-order valence-corrected chi connectivity index (χ4v) is 2.11. The van der Waals surface area contributed by atoms with E-state index in [4.69, 9.17) is 14.2 Å². The number of fused-ring (bicyclic) bond motifs is 1. The number of ether oxygens (including phenoxy) is 3. The minimum Gasteiger partial charge on any atom is -0.493 e. The number of hydrogen-bond donors (Lipinski definition) is 0. The van der Waals surface area contributed by atoms with E-state index in [0.717, 1.165) is 0 Å². The first-order valence-corrected chi connectivity index (χ1v) is 5.65. The highest BCUT2D eigenvalue weighted by molar-refractivity contribution is 6.52. The standard InChI is InChI=1S/C14H14O5/c1-7-5-8-6-9(17-2)13(18-3)14(19-4)10(8)12(16)11(7)15/h5-6H,1-4H3. The molecule has 0 unspecified atom stereocenters. The van der Waals surface area contributed by atoms with Gasteiger partial charge in [0.15, 0.2) is 11.5 Å². The predicted octanol–water partition coefficient (Wildman–Crippen LogP) is 1.88. The number of allylic oxidation sites excluding steroid dienone is 1. The van der Waals surface area contributed by atoms with Gasteiger partial charge in [0, 0.05) is 5.57 Å². The summed E-state index contributed by atoms with van der Waals surface area (Å²) in [5.74, 6) is -0.146. The Morgan fingerprint density at radius 3 is 2.05 bits per heavy atom. The molecule has 0 spiro atoms. The summed E-state index contributed by atoms with van der Waals surface area (Å²) in [6, 6.07) is 1.66. The van der Waals surface area contributed by atoms with Crippen LogP contribution >= 0.6 is 0 Å². The highest BCUT2D eigenvalue weighted by Crippen LogP contribution is 2.44. The van der Waals surface area contributed by atoms with E-state index in [1.54, 1.807) is 19.1 Å². The second-order valence-electron chi connectivity index (χ2n) is 4.10. The Balaban J connectivity index is 2.83. The van der Waals surface area contributed by atoms with Gasteiger partial charge in [0.05, 0.1) is 26.9 Å². The molecule has 0 bridgehead atoms. The Bertz CT molecular complexity index is 598. The highest BCUT2D eigenvalue weighted by atomic mass is 16.5. The molecule has 2 rings (SSSR count). The zero-order chi connectivity index (χ0) is 14.2. The first-order chi connectivity index (χ1) is 9.04. The number of rotatable bonds is 3. The molecule has 0 aliphatic heterocycles. The van der Waals surface area contributed by atoms with E-state index in [1.807, 2.05) is 0 Å². The Hall–Kier alpha value is -2.30. The number of Topliss-reactive ketones (excluding diaryl/α,β-unsaturated/α-hetero) is 2. The van der Waals surface area contributed by atoms with Gasteiger partial charge in [-0.1, -0.05) is 0 Å². The zero-order valence-corrected chi connectivity index (χ0v) is 11.2. The zero-order valence-electron chi connectivity index (χ0n) is 11.2. The molecule has 0 fully saturated rings. The molecule has 0 saturated heterocycles. The number of benzene rings is 1. The van der Waals surface area contributed by atoms with E-state index >= 15 is 0 Å². The SMILES string of the molecule is COc1cc2c(c(OC)c1OC)C(=O)C(=O)C(C)=C2. The fraction of sp³-hybridized carbons (Fsp3) is 0.286. The minimum atomic E-state index is -0.590. The van der Waals surface area contributed by atoms with Crippen LogP contribution < -0.4 is 14.2 Å². The summed E-state index contributed by atoms with van der Waals surface area (Å²) in [4.78, 5) is 23.9. The van der Waals surface area contributed by atoms with Crippen LogP contribution in [0.5, 0.6) is 17.2 Å². The van der Waals surface area contributed by atoms with Crippen molar-refractivity contribution in [2.45, 2.75) is 6.92 Å². The van der Waals surface area contributed by atoms with Gasteiger partial charge < -0.3 is 14.2 Å². The molecule has 0 N–H and O–H groups in total. The van der Waals surface area contributed by atoms with Crippen LogP contribution in [-0.2, 0) is 4.79 Å². The third kappa shape index (κ3) is 1.87. The molecule has 1 aliphatic carbocycles. The quantitative estimate of drug-likeness (QED) is 0.778. The van der Waals surface area contributed by atoms with E-state index in [-0.39, 0.29) is 11.3 Å². The van der Waals surface area contributed by atoms with E-state index in [9.17, 15) is 9.59 Å². The lowest BCUT2D eigenvalue weighted by Gasteiger charge is -2.19. The van der Waals surface area contributed by atoms with Crippen LogP contribution in [0.1, 0.15) is 22.8 Å². The van der Waals surface area contributed by atoms with Crippen LogP contribution in [0.2, 0.25) is 0 Å². The molecule has 0 aromatic heterocycles. The van der Waals surface area contributed by atoms with Crippen LogP contribution in [0.3, 0.4) is 0 Å². The summed E-state index contributed by atoms with van der Waals surface area (Å²) < 4.78 is 15.6. The maximum atomic E-state index is 12.1. The molecular formula is C14H14O5. The van der Waals surface area contributed by atoms with Gasteiger partial charge in [-0.25, -0.2) is 0 Å². The summed E-state index contributed by atoms with van der Waals surface area (Å²) in [5, 5.41) is 0. The molecule has 1 aliphatic rings. The van der Waals surface area contributed by atoms with Crippen molar-refractivity contribution in [2.24, 2.45) is 0 Å². The summed E-state index contributed by atoms with van der Waals surface area (Å²) in [5.41, 5.74) is 1.21. The average molecular weight is 262 g/mol. The number of methoxy groups -OCH3 is 3. The van der Waals surface area contributed by atoms with E-state index in [0.29, 0.717) is 22.6 Å². The lowest BCUT2D eigenvalue weighted by atomic mass is 9.89. The number of ketones is 2. The van der Waals surface area contributed by atoms with Gasteiger partial charge in [-0.2, -0.15) is 0 Å². The minimum absolute atomic E-state index is 0.218. The molecule has 1 aromatic rings. The predicted molar refractivity (Wildman–Crippen MR) is 69.1 cm³/mol. The first-order valence-electron chi connectivity index (χ1n) is 5.65. The molecule has 0 amide bonds. The van der Waals surface area contributed by atoms with Gasteiger partial charge in [0.25, 0.3) is 0 Å². The van der Waals surface area contributed by atoms with Crippen molar-refractivity contribution in [3.8, 4) is 17.2 Å². The summed E-state index contributed by atoms with van der Waals surface area (Å²) in [6.45, 7) is 1.60. The van der Waals surface area contributed by atoms with Crippen molar-refractivity contribution in [3.05, 3.63) is 22.8 Å². The van der Waals surface area contributed by atoms with Crippen molar-refractivity contribution in [1.82, 2.24) is 0 Å². The lowest BCUT2D eigenvalue weighted by molar-refractivity contribution is -0.111. The van der Waals surface area contributed by atoms with E-state index in [1.165, 1.54) is 21.3 Å². The summed E-state index contributed by atoms with van der Waals surface area (Å²) >= 11 is 0. The molecule has 0 saturated carbocycles. The Kier molecular flexibility index (Phi) is 3.29. The topological polar surface area (TPSA) is 61.8 Å². The van der Waals surface area contributed by atoms with E-state index < -0.39 is 11.6 Å². The van der Waals surface area contributed by atoms with Crippen LogP contribution in [0.15, 0.2) is 11.6 Å². The molecule has 0 atom stereocenters. The molecule has 5 nitrogen and oxygen atoms in total. The molecular weight excluding hydrogens is 248 g/mol. The van der Waals surface area contributed by atoms with Gasteiger partial charge in [-0.05, 0) is 24.6 Å². The molecule has 5 heteroatoms. The van der Waals surface area contributed by atoms with Crippen LogP contribution in [0.4, 0.5) is 0 Å². The number of hydrogen-bond acceptors (Lipinski definition) is 5. The van der Waals surface area contributed by atoms with Gasteiger partial charge in [-0.15, -0.1) is 0 Å². The summed E-state index contributed by atoms with van der Waals surface area (Å²) in [6.07, 6.45) is 1.64. The molecule has 100 valence electrons. The van der Waals surface area contributed by atoms with E-state index in [2.05, 4.69) is 0 Å². The largest absolute Gasteiger partial charge is 0.493 e. The fourth-order valence-electron chi connectivity index (χ4n) is 2.11. The van der Waals surface area contributed by atoms with Crippen molar-refractivity contribution >= 4 is 17.6 Å². The number of carbonyl (C=O) groups excluding carboxylic acids is 2. The molecule has 1 aromatic carbocycles. The summed E-state index contributed by atoms with van der Waals surface area (Å²) in [7, 11) is 4.36. The maximum absolute atomic E-state index is 12.1. The van der Waals surface area contributed by atoms with Crippen LogP contribution in [0, 0.1) is 0 Å². The van der Waals surface area contributed by atoms with Crippen LogP contribution in [-0.4, -0.2) is 32.9 Å². The third-order valence-electron chi connectivity index (χ3n) is 3.02. The van der Waals surface area contributed by atoms with Gasteiger partial charge in [0.2, 0.25) is 17.3 Å². The molecule has 19 heavy (non-hydrogen) atoms. The van der Waals surface area contributed by atoms with Gasteiger partial charge >= 0.3 is 0 Å². The normalized spacial score (nSPS) is 13.8. The van der Waals surface area contributed by atoms with Crippen LogP contribution in [0.25, 0.3) is 6.08 Å². The smallest absolute Gasteiger partial charge is 0.237 e. The lowest BCUT2D eigenvalue weighted by Crippen LogP contribution is -2.21. The van der Waals surface area contributed by atoms with Gasteiger partial charge in [0.1, 0.15) is 0 Å². The highest BCUT2D eigenvalue weighted by Gasteiger charge is 2.32. The Morgan fingerprint density at radius 1 is 0.895 bits per heavy atom. The van der Waals surface area contributed by atoms with Gasteiger partial charge in [-0.3, -0.25) is 9.59 Å². The van der Waals surface area contributed by atoms with Crippen molar-refractivity contribution in [2.75, 3.05) is 21.3 Å². The van der Waals surface area contributed by atoms with Crippen molar-refractivity contribution in [1.29, 1.82) is 0 Å². The monoisotopic (exact) mass is 262 g/mol.